The molecule has 90 valence electrons. The van der Waals surface area contributed by atoms with Gasteiger partial charge in [-0.15, -0.1) is 0 Å². The monoisotopic (exact) mass is 254 g/mol. The second kappa shape index (κ2) is 4.60. The first kappa shape index (κ1) is 11.7. The van der Waals surface area contributed by atoms with Gasteiger partial charge in [0, 0.05) is 5.56 Å². The number of carbonyl (C=O) groups is 1. The van der Waals surface area contributed by atoms with E-state index in [0.717, 1.165) is 5.69 Å². The molecule has 7 heteroatoms. The summed E-state index contributed by atoms with van der Waals surface area (Å²) in [5.74, 6) is 4.76. The van der Waals surface area contributed by atoms with Crippen LogP contribution in [0.2, 0.25) is 5.02 Å². The van der Waals surface area contributed by atoms with Crippen molar-refractivity contribution in [2.75, 3.05) is 0 Å². The largest absolute Gasteiger partial charge is 0.459 e. The average molecular weight is 255 g/mol. The topological polar surface area (TPSA) is 86.1 Å². The van der Waals surface area contributed by atoms with E-state index >= 15 is 0 Å². The summed E-state index contributed by atoms with van der Waals surface area (Å²) < 4.78 is 6.75. The third-order valence-electron chi connectivity index (χ3n) is 2.45. The summed E-state index contributed by atoms with van der Waals surface area (Å²) >= 11 is 5.89. The predicted molar refractivity (Wildman–Crippen MR) is 61.4 cm³/mol. The van der Waals surface area contributed by atoms with E-state index in [1.165, 1.54) is 6.26 Å². The normalized spacial score (nSPS) is 10.5. The van der Waals surface area contributed by atoms with Crippen LogP contribution in [0, 0.1) is 6.92 Å². The molecule has 0 radical (unpaired) electrons. The quantitative estimate of drug-likeness (QED) is 0.488. The van der Waals surface area contributed by atoms with E-state index in [1.807, 2.05) is 12.3 Å². The second-order valence-corrected chi connectivity index (χ2v) is 3.89. The number of halogens is 1. The fourth-order valence-electron chi connectivity index (χ4n) is 1.47. The third-order valence-corrected chi connectivity index (χ3v) is 2.82. The van der Waals surface area contributed by atoms with Crippen LogP contribution in [0.25, 0.3) is 0 Å². The standard InChI is InChI=1S/C10H11ClN4O2/c1-6-8(11)4-13-15(6)5-7-2-3-17-9(7)10(16)14-12/h2-4H,5,12H2,1H3,(H,14,16). The molecular formula is C10H11ClN4O2. The molecule has 2 aromatic rings. The fourth-order valence-corrected chi connectivity index (χ4v) is 1.61. The van der Waals surface area contributed by atoms with Crippen molar-refractivity contribution in [2.24, 2.45) is 5.84 Å². The number of carbonyl (C=O) groups excluding carboxylic acids is 1. The molecule has 2 rings (SSSR count). The molecule has 2 aromatic heterocycles. The highest BCUT2D eigenvalue weighted by molar-refractivity contribution is 6.31. The SMILES string of the molecule is Cc1c(Cl)cnn1Cc1ccoc1C(=O)NN. The Bertz CT molecular complexity index is 546. The maximum absolute atomic E-state index is 11.4. The molecule has 0 spiro atoms. The molecule has 0 aliphatic rings. The molecular weight excluding hydrogens is 244 g/mol. The second-order valence-electron chi connectivity index (χ2n) is 3.48. The number of furan rings is 1. The summed E-state index contributed by atoms with van der Waals surface area (Å²) in [6.07, 6.45) is 2.99. The summed E-state index contributed by atoms with van der Waals surface area (Å²) in [6.45, 7) is 2.25. The molecule has 17 heavy (non-hydrogen) atoms. The van der Waals surface area contributed by atoms with Crippen LogP contribution in [0.5, 0.6) is 0 Å². The zero-order valence-electron chi connectivity index (χ0n) is 9.11. The number of amides is 1. The Labute approximate surface area is 102 Å². The van der Waals surface area contributed by atoms with E-state index in [9.17, 15) is 4.79 Å². The van der Waals surface area contributed by atoms with Crippen LogP contribution in [-0.4, -0.2) is 15.7 Å². The van der Waals surface area contributed by atoms with Crippen LogP contribution in [-0.2, 0) is 6.54 Å². The maximum Gasteiger partial charge on any atom is 0.301 e. The number of aromatic nitrogens is 2. The lowest BCUT2D eigenvalue weighted by molar-refractivity contribution is 0.0924. The lowest BCUT2D eigenvalue weighted by Crippen LogP contribution is -2.30. The van der Waals surface area contributed by atoms with Gasteiger partial charge in [0.2, 0.25) is 0 Å². The first-order chi connectivity index (χ1) is 8.13. The molecule has 0 bridgehead atoms. The van der Waals surface area contributed by atoms with Gasteiger partial charge in [0.1, 0.15) is 0 Å². The van der Waals surface area contributed by atoms with Crippen molar-refractivity contribution in [3.8, 4) is 0 Å². The van der Waals surface area contributed by atoms with E-state index in [1.54, 1.807) is 16.9 Å². The van der Waals surface area contributed by atoms with Crippen LogP contribution in [0.4, 0.5) is 0 Å². The Kier molecular flexibility index (Phi) is 3.16. The summed E-state index contributed by atoms with van der Waals surface area (Å²) in [5.41, 5.74) is 3.54. The zero-order valence-corrected chi connectivity index (χ0v) is 9.86. The highest BCUT2D eigenvalue weighted by Gasteiger charge is 2.15. The number of nitrogens with two attached hydrogens (primary N) is 1. The smallest absolute Gasteiger partial charge is 0.301 e. The molecule has 0 atom stereocenters. The van der Waals surface area contributed by atoms with Gasteiger partial charge in [-0.2, -0.15) is 5.10 Å². The van der Waals surface area contributed by atoms with Gasteiger partial charge >= 0.3 is 5.91 Å². The number of nitrogen functional groups attached to an aromatic ring is 1. The number of hydrogen-bond acceptors (Lipinski definition) is 4. The van der Waals surface area contributed by atoms with Gasteiger partial charge in [0.05, 0.1) is 29.7 Å². The predicted octanol–water partition coefficient (Wildman–Crippen LogP) is 1.09. The maximum atomic E-state index is 11.4. The van der Waals surface area contributed by atoms with Gasteiger partial charge in [-0.3, -0.25) is 14.9 Å². The van der Waals surface area contributed by atoms with Crippen LogP contribution in [0.15, 0.2) is 22.9 Å². The molecule has 0 aliphatic carbocycles. The van der Waals surface area contributed by atoms with Crippen molar-refractivity contribution in [3.63, 3.8) is 0 Å². The first-order valence-corrected chi connectivity index (χ1v) is 5.26. The van der Waals surface area contributed by atoms with E-state index < -0.39 is 5.91 Å². The lowest BCUT2D eigenvalue weighted by Gasteiger charge is -2.04. The Morgan fingerprint density at radius 3 is 3.06 bits per heavy atom. The van der Waals surface area contributed by atoms with Gasteiger partial charge in [-0.1, -0.05) is 11.6 Å². The van der Waals surface area contributed by atoms with E-state index in [4.69, 9.17) is 21.9 Å². The Morgan fingerprint density at radius 1 is 1.71 bits per heavy atom. The average Bonchev–Trinajstić information content (AvgIpc) is 2.90. The Balaban J connectivity index is 2.28. The number of hydrazine groups is 1. The van der Waals surface area contributed by atoms with Crippen LogP contribution < -0.4 is 11.3 Å². The van der Waals surface area contributed by atoms with Crippen molar-refractivity contribution >= 4 is 17.5 Å². The number of rotatable bonds is 3. The fraction of sp³-hybridized carbons (Fsp3) is 0.200. The lowest BCUT2D eigenvalue weighted by atomic mass is 10.2. The third kappa shape index (κ3) is 2.17. The zero-order chi connectivity index (χ0) is 12.4. The van der Waals surface area contributed by atoms with Gasteiger partial charge < -0.3 is 4.42 Å². The van der Waals surface area contributed by atoms with Gasteiger partial charge in [-0.05, 0) is 13.0 Å². The minimum Gasteiger partial charge on any atom is -0.459 e. The van der Waals surface area contributed by atoms with Crippen molar-refractivity contribution < 1.29 is 9.21 Å². The van der Waals surface area contributed by atoms with Gasteiger partial charge in [0.15, 0.2) is 5.76 Å². The molecule has 0 aromatic carbocycles. The number of hydrogen-bond donors (Lipinski definition) is 2. The molecule has 2 heterocycles. The van der Waals surface area contributed by atoms with Crippen LogP contribution >= 0.6 is 11.6 Å². The summed E-state index contributed by atoms with van der Waals surface area (Å²) in [6, 6.07) is 1.69. The van der Waals surface area contributed by atoms with Crippen molar-refractivity contribution in [3.05, 3.63) is 40.6 Å². The highest BCUT2D eigenvalue weighted by atomic mass is 35.5. The van der Waals surface area contributed by atoms with E-state index in [0.29, 0.717) is 17.1 Å². The molecule has 0 fully saturated rings. The molecule has 1 amide bonds. The minimum absolute atomic E-state index is 0.179. The number of nitrogens with one attached hydrogen (secondary N) is 1. The van der Waals surface area contributed by atoms with Crippen molar-refractivity contribution in [1.29, 1.82) is 0 Å². The minimum atomic E-state index is -0.471. The summed E-state index contributed by atoms with van der Waals surface area (Å²) in [4.78, 5) is 11.4. The highest BCUT2D eigenvalue weighted by Crippen LogP contribution is 2.17. The van der Waals surface area contributed by atoms with Gasteiger partial charge in [-0.25, -0.2) is 5.84 Å². The van der Waals surface area contributed by atoms with Crippen LogP contribution in [0.3, 0.4) is 0 Å². The molecule has 0 unspecified atom stereocenters. The Hall–Kier alpha value is -1.79. The van der Waals surface area contributed by atoms with E-state index in [2.05, 4.69) is 5.10 Å². The molecule has 0 saturated carbocycles. The molecule has 6 nitrogen and oxygen atoms in total. The van der Waals surface area contributed by atoms with Gasteiger partial charge in [0.25, 0.3) is 0 Å². The summed E-state index contributed by atoms with van der Waals surface area (Å²) in [7, 11) is 0. The summed E-state index contributed by atoms with van der Waals surface area (Å²) in [5, 5.41) is 4.68. The molecule has 0 aliphatic heterocycles. The molecule has 0 saturated heterocycles. The Morgan fingerprint density at radius 2 is 2.47 bits per heavy atom. The number of nitrogens with zero attached hydrogens (tertiary/aromatic N) is 2. The van der Waals surface area contributed by atoms with E-state index in [-0.39, 0.29) is 5.76 Å². The van der Waals surface area contributed by atoms with Crippen molar-refractivity contribution in [1.82, 2.24) is 15.2 Å². The van der Waals surface area contributed by atoms with Crippen LogP contribution in [0.1, 0.15) is 21.8 Å². The van der Waals surface area contributed by atoms with Crippen molar-refractivity contribution in [2.45, 2.75) is 13.5 Å². The first-order valence-electron chi connectivity index (χ1n) is 4.88. The molecule has 3 N–H and O–H groups in total.